The van der Waals surface area contributed by atoms with Crippen LogP contribution < -0.4 is 10.1 Å². The zero-order chi connectivity index (χ0) is 22.9. The van der Waals surface area contributed by atoms with E-state index in [1.54, 1.807) is 43.3 Å². The third kappa shape index (κ3) is 4.20. The molecule has 3 aromatic carbocycles. The van der Waals surface area contributed by atoms with E-state index in [9.17, 15) is 14.4 Å². The second-order valence-corrected chi connectivity index (χ2v) is 8.25. The second kappa shape index (κ2) is 8.65. The van der Waals surface area contributed by atoms with Crippen molar-refractivity contribution in [2.45, 2.75) is 12.5 Å². The monoisotopic (exact) mass is 468 g/mol. The van der Waals surface area contributed by atoms with E-state index in [1.165, 1.54) is 6.07 Å². The molecule has 1 N–H and O–H groups in total. The van der Waals surface area contributed by atoms with Crippen LogP contribution in [0.3, 0.4) is 0 Å². The van der Waals surface area contributed by atoms with Crippen molar-refractivity contribution in [2.75, 3.05) is 6.54 Å². The molecule has 0 radical (unpaired) electrons. The number of hydrogen-bond acceptors (Lipinski definition) is 4. The van der Waals surface area contributed by atoms with Gasteiger partial charge in [0.05, 0.1) is 16.6 Å². The second-order valence-electron chi connectivity index (χ2n) is 7.44. The van der Waals surface area contributed by atoms with Crippen LogP contribution >= 0.6 is 23.2 Å². The summed E-state index contributed by atoms with van der Waals surface area (Å²) >= 11 is 12.0. The van der Waals surface area contributed by atoms with E-state index in [0.29, 0.717) is 27.6 Å². The van der Waals surface area contributed by atoms with Crippen LogP contribution in [0.5, 0.6) is 11.5 Å². The predicted octanol–water partition coefficient (Wildman–Crippen LogP) is 5.44. The lowest BCUT2D eigenvalue weighted by molar-refractivity contribution is -0.130. The lowest BCUT2D eigenvalue weighted by Gasteiger charge is -2.22. The Balaban J connectivity index is 1.47. The topological polar surface area (TPSA) is 75.7 Å². The Bertz CT molecular complexity index is 1200. The Labute approximate surface area is 194 Å². The van der Waals surface area contributed by atoms with Gasteiger partial charge in [-0.1, -0.05) is 47.5 Å². The highest BCUT2D eigenvalue weighted by Crippen LogP contribution is 2.33. The number of rotatable bonds is 6. The minimum atomic E-state index is -1.35. The van der Waals surface area contributed by atoms with Crippen molar-refractivity contribution in [1.29, 1.82) is 0 Å². The summed E-state index contributed by atoms with van der Waals surface area (Å²) in [4.78, 5) is 39.2. The first-order valence-electron chi connectivity index (χ1n) is 9.74. The van der Waals surface area contributed by atoms with Crippen molar-refractivity contribution in [3.63, 3.8) is 0 Å². The quantitative estimate of drug-likeness (QED) is 0.386. The van der Waals surface area contributed by atoms with Crippen LogP contribution in [-0.2, 0) is 10.3 Å². The molecule has 1 aliphatic heterocycles. The molecule has 0 saturated carbocycles. The van der Waals surface area contributed by atoms with E-state index in [-0.39, 0.29) is 17.4 Å². The maximum Gasteiger partial charge on any atom is 0.325 e. The van der Waals surface area contributed by atoms with Crippen molar-refractivity contribution in [1.82, 2.24) is 10.2 Å². The van der Waals surface area contributed by atoms with E-state index in [4.69, 9.17) is 27.9 Å². The number of imide groups is 1. The SMILES string of the molecule is CC1(c2ccc(Cl)c(Cl)c2)NC(=O)N(CC(=O)c2ccc(Oc3ccccc3)cc2)C1=O. The molecule has 1 aliphatic rings. The van der Waals surface area contributed by atoms with Crippen LogP contribution in [0.2, 0.25) is 10.0 Å². The van der Waals surface area contributed by atoms with Gasteiger partial charge < -0.3 is 10.1 Å². The number of amides is 3. The van der Waals surface area contributed by atoms with Gasteiger partial charge in [0.1, 0.15) is 17.0 Å². The van der Waals surface area contributed by atoms with Gasteiger partial charge in [0.25, 0.3) is 5.91 Å². The van der Waals surface area contributed by atoms with Gasteiger partial charge in [-0.15, -0.1) is 0 Å². The Kier molecular flexibility index (Phi) is 5.91. The number of para-hydroxylation sites is 1. The lowest BCUT2D eigenvalue weighted by Crippen LogP contribution is -2.41. The summed E-state index contributed by atoms with van der Waals surface area (Å²) in [5, 5.41) is 3.25. The van der Waals surface area contributed by atoms with E-state index < -0.39 is 17.5 Å². The number of Topliss-reactive ketones (excluding diaryl/α,β-unsaturated/α-hetero) is 1. The third-order valence-electron chi connectivity index (χ3n) is 5.23. The first-order chi connectivity index (χ1) is 15.3. The van der Waals surface area contributed by atoms with Crippen molar-refractivity contribution in [3.05, 3.63) is 94.0 Å². The fraction of sp³-hybridized carbons (Fsp3) is 0.125. The van der Waals surface area contributed by atoms with E-state index in [2.05, 4.69) is 5.32 Å². The zero-order valence-electron chi connectivity index (χ0n) is 17.0. The molecule has 0 aromatic heterocycles. The van der Waals surface area contributed by atoms with Gasteiger partial charge in [-0.25, -0.2) is 4.79 Å². The van der Waals surface area contributed by atoms with Gasteiger partial charge in [-0.3, -0.25) is 14.5 Å². The van der Waals surface area contributed by atoms with Crippen molar-refractivity contribution in [2.24, 2.45) is 0 Å². The van der Waals surface area contributed by atoms with Crippen molar-refractivity contribution in [3.8, 4) is 11.5 Å². The molecule has 3 aromatic rings. The number of nitrogens with one attached hydrogen (secondary N) is 1. The largest absolute Gasteiger partial charge is 0.457 e. The Morgan fingerprint density at radius 3 is 2.25 bits per heavy atom. The Morgan fingerprint density at radius 1 is 0.938 bits per heavy atom. The van der Waals surface area contributed by atoms with Crippen LogP contribution in [0.1, 0.15) is 22.8 Å². The number of hydrogen-bond donors (Lipinski definition) is 1. The molecule has 1 saturated heterocycles. The smallest absolute Gasteiger partial charge is 0.325 e. The van der Waals surface area contributed by atoms with Gasteiger partial charge in [0.15, 0.2) is 5.78 Å². The summed E-state index contributed by atoms with van der Waals surface area (Å²) in [6.07, 6.45) is 0. The lowest BCUT2D eigenvalue weighted by atomic mass is 9.92. The summed E-state index contributed by atoms with van der Waals surface area (Å²) in [7, 11) is 0. The summed E-state index contributed by atoms with van der Waals surface area (Å²) < 4.78 is 5.71. The van der Waals surface area contributed by atoms with Crippen LogP contribution in [0, 0.1) is 0 Å². The maximum atomic E-state index is 13.1. The third-order valence-corrected chi connectivity index (χ3v) is 5.97. The van der Waals surface area contributed by atoms with Gasteiger partial charge in [0.2, 0.25) is 0 Å². The highest BCUT2D eigenvalue weighted by atomic mass is 35.5. The van der Waals surface area contributed by atoms with Gasteiger partial charge >= 0.3 is 6.03 Å². The van der Waals surface area contributed by atoms with E-state index in [1.807, 2.05) is 30.3 Å². The number of ketones is 1. The predicted molar refractivity (Wildman–Crippen MR) is 121 cm³/mol. The minimum Gasteiger partial charge on any atom is -0.457 e. The molecule has 0 aliphatic carbocycles. The summed E-state index contributed by atoms with van der Waals surface area (Å²) in [6.45, 7) is 1.17. The first kappa shape index (κ1) is 21.9. The summed E-state index contributed by atoms with van der Waals surface area (Å²) in [5.41, 5.74) is -0.518. The molecule has 1 heterocycles. The molecular weight excluding hydrogens is 451 g/mol. The maximum absolute atomic E-state index is 13.1. The Morgan fingerprint density at radius 2 is 1.59 bits per heavy atom. The Hall–Kier alpha value is -3.35. The molecule has 1 fully saturated rings. The average molecular weight is 469 g/mol. The first-order valence-corrected chi connectivity index (χ1v) is 10.5. The number of nitrogens with zero attached hydrogens (tertiary/aromatic N) is 1. The highest BCUT2D eigenvalue weighted by Gasteiger charge is 2.49. The van der Waals surface area contributed by atoms with Crippen LogP contribution in [0.25, 0.3) is 0 Å². The van der Waals surface area contributed by atoms with Crippen LogP contribution in [0.15, 0.2) is 72.8 Å². The number of benzene rings is 3. The fourth-order valence-electron chi connectivity index (χ4n) is 3.41. The molecule has 6 nitrogen and oxygen atoms in total. The van der Waals surface area contributed by atoms with Gasteiger partial charge in [-0.2, -0.15) is 0 Å². The number of carbonyl (C=O) groups is 3. The molecule has 1 unspecified atom stereocenters. The van der Waals surface area contributed by atoms with Crippen molar-refractivity contribution >= 4 is 40.9 Å². The number of halogens is 2. The molecule has 0 bridgehead atoms. The van der Waals surface area contributed by atoms with Gasteiger partial charge in [0, 0.05) is 5.56 Å². The number of carbonyl (C=O) groups excluding carboxylic acids is 3. The fourth-order valence-corrected chi connectivity index (χ4v) is 3.71. The van der Waals surface area contributed by atoms with Gasteiger partial charge in [-0.05, 0) is 61.0 Å². The average Bonchev–Trinajstić information content (AvgIpc) is 3.00. The normalized spacial score (nSPS) is 17.9. The molecule has 1 atom stereocenters. The molecule has 32 heavy (non-hydrogen) atoms. The molecule has 4 rings (SSSR count). The van der Waals surface area contributed by atoms with E-state index in [0.717, 1.165) is 4.90 Å². The molecule has 8 heteroatoms. The standard InChI is InChI=1S/C24H18Cl2N2O4/c1-24(16-9-12-19(25)20(26)13-16)22(30)28(23(31)27-24)14-21(29)15-7-10-18(11-8-15)32-17-5-3-2-4-6-17/h2-13H,14H2,1H3,(H,27,31). The number of ether oxygens (including phenoxy) is 1. The zero-order valence-corrected chi connectivity index (χ0v) is 18.5. The molecule has 162 valence electrons. The van der Waals surface area contributed by atoms with E-state index >= 15 is 0 Å². The summed E-state index contributed by atoms with van der Waals surface area (Å²) in [6, 6.07) is 19.8. The van der Waals surface area contributed by atoms with Crippen LogP contribution in [-0.4, -0.2) is 29.2 Å². The highest BCUT2D eigenvalue weighted by molar-refractivity contribution is 6.42. The number of urea groups is 1. The minimum absolute atomic E-state index is 0.264. The molecular formula is C24H18Cl2N2O4. The van der Waals surface area contributed by atoms with Crippen molar-refractivity contribution < 1.29 is 19.1 Å². The van der Waals surface area contributed by atoms with Crippen LogP contribution in [0.4, 0.5) is 4.79 Å². The summed E-state index contributed by atoms with van der Waals surface area (Å²) in [5.74, 6) is 0.318. The molecule has 3 amide bonds. The molecule has 0 spiro atoms.